The molecule has 3 N–H and O–H groups in total. The summed E-state index contributed by atoms with van der Waals surface area (Å²) in [6.07, 6.45) is 4.51. The highest BCUT2D eigenvalue weighted by Gasteiger charge is 2.55. The number of carbonyl (C=O) groups is 1. The van der Waals surface area contributed by atoms with Crippen molar-refractivity contribution in [3.8, 4) is 5.75 Å². The predicted octanol–water partition coefficient (Wildman–Crippen LogP) is 3.51. The monoisotopic (exact) mass is 359 g/mol. The quantitative estimate of drug-likeness (QED) is 0.755. The van der Waals surface area contributed by atoms with Gasteiger partial charge in [0.15, 0.2) is 0 Å². The minimum atomic E-state index is -0.418. The molecule has 0 bridgehead atoms. The fraction of sp³-hybridized carbons (Fsp3) is 0.667. The summed E-state index contributed by atoms with van der Waals surface area (Å²) in [5.41, 5.74) is 2.50. The molecule has 0 heterocycles. The van der Waals surface area contributed by atoms with Crippen LogP contribution in [0.4, 0.5) is 4.79 Å². The number of methoxy groups -OCH3 is 1. The minimum absolute atomic E-state index is 0.0237. The molecule has 0 aliphatic heterocycles. The maximum Gasteiger partial charge on any atom is 0.406 e. The molecule has 5 nitrogen and oxygen atoms in total. The third-order valence-electron chi connectivity index (χ3n) is 7.53. The summed E-state index contributed by atoms with van der Waals surface area (Å²) in [5, 5.41) is 23.4. The van der Waals surface area contributed by atoms with E-state index in [4.69, 9.17) is 4.74 Å². The average molecular weight is 359 g/mol. The number of aliphatic hydroxyl groups excluding tert-OH is 1. The molecule has 142 valence electrons. The Bertz CT molecular complexity index is 705. The molecule has 3 aliphatic rings. The predicted molar refractivity (Wildman–Crippen MR) is 98.2 cm³/mol. The van der Waals surface area contributed by atoms with Crippen LogP contribution in [0, 0.1) is 17.3 Å². The van der Waals surface area contributed by atoms with Crippen molar-refractivity contribution >= 4 is 6.09 Å². The van der Waals surface area contributed by atoms with Crippen molar-refractivity contribution in [2.24, 2.45) is 17.3 Å². The Balaban J connectivity index is 1.67. The Morgan fingerprint density at radius 3 is 2.88 bits per heavy atom. The fourth-order valence-electron chi connectivity index (χ4n) is 6.16. The van der Waals surface area contributed by atoms with E-state index >= 15 is 0 Å². The average Bonchev–Trinajstić information content (AvgIpc) is 2.94. The smallest absolute Gasteiger partial charge is 0.406 e. The Hall–Kier alpha value is -1.75. The third-order valence-corrected chi connectivity index (χ3v) is 7.53. The van der Waals surface area contributed by atoms with Crippen LogP contribution in [0.1, 0.15) is 62.0 Å². The second kappa shape index (κ2) is 6.45. The van der Waals surface area contributed by atoms with Crippen LogP contribution in [0.2, 0.25) is 0 Å². The van der Waals surface area contributed by atoms with Crippen molar-refractivity contribution in [3.05, 3.63) is 29.3 Å². The summed E-state index contributed by atoms with van der Waals surface area (Å²) in [6.45, 7) is 2.78. The zero-order valence-electron chi connectivity index (χ0n) is 15.6. The molecule has 1 unspecified atom stereocenters. The van der Waals surface area contributed by atoms with Gasteiger partial charge in [0.2, 0.25) is 0 Å². The Morgan fingerprint density at radius 2 is 2.12 bits per heavy atom. The first-order chi connectivity index (χ1) is 12.4. The van der Waals surface area contributed by atoms with Crippen LogP contribution in [0.3, 0.4) is 0 Å². The van der Waals surface area contributed by atoms with Crippen LogP contribution in [0.15, 0.2) is 18.2 Å². The number of aliphatic hydroxyl groups is 1. The number of alkyl carbamates (subject to hydrolysis) is 1. The van der Waals surface area contributed by atoms with E-state index < -0.39 is 6.09 Å². The number of carbonyl (C=O) groups excluding carboxylic acids is 1. The number of phenols is 1. The van der Waals surface area contributed by atoms with Crippen LogP contribution < -0.4 is 5.32 Å². The number of aromatic hydroxyl groups is 1. The van der Waals surface area contributed by atoms with E-state index in [2.05, 4.69) is 18.3 Å². The molecule has 1 aromatic rings. The van der Waals surface area contributed by atoms with Gasteiger partial charge >= 0.3 is 6.09 Å². The zero-order chi connectivity index (χ0) is 18.5. The number of ether oxygens (including phenoxy) is 1. The zero-order valence-corrected chi connectivity index (χ0v) is 15.6. The molecule has 6 atom stereocenters. The Kier molecular flexibility index (Phi) is 4.38. The maximum atomic E-state index is 11.6. The third kappa shape index (κ3) is 2.68. The van der Waals surface area contributed by atoms with Gasteiger partial charge in [0, 0.05) is 12.5 Å². The molecule has 0 radical (unpaired) electrons. The van der Waals surface area contributed by atoms with E-state index in [0.717, 1.165) is 37.7 Å². The normalized spacial score (nSPS) is 38.0. The van der Waals surface area contributed by atoms with Gasteiger partial charge in [-0.3, -0.25) is 0 Å². The Morgan fingerprint density at radius 1 is 1.31 bits per heavy atom. The van der Waals surface area contributed by atoms with E-state index in [-0.39, 0.29) is 23.2 Å². The van der Waals surface area contributed by atoms with Crippen molar-refractivity contribution in [3.63, 3.8) is 0 Å². The van der Waals surface area contributed by atoms with Gasteiger partial charge < -0.3 is 20.3 Å². The summed E-state index contributed by atoms with van der Waals surface area (Å²) in [7, 11) is 1.37. The van der Waals surface area contributed by atoms with Gasteiger partial charge in [-0.2, -0.15) is 0 Å². The molecule has 1 aromatic carbocycles. The molecule has 4 rings (SSSR count). The number of hydrogen-bond donors (Lipinski definition) is 3. The van der Waals surface area contributed by atoms with E-state index in [1.165, 1.54) is 12.7 Å². The highest BCUT2D eigenvalue weighted by atomic mass is 16.5. The van der Waals surface area contributed by atoms with Crippen LogP contribution >= 0.6 is 0 Å². The molecular formula is C21H29NO4. The molecule has 0 saturated heterocycles. The lowest BCUT2D eigenvalue weighted by atomic mass is 9.54. The molecule has 5 heteroatoms. The number of phenolic OH excluding ortho intramolecular Hbond substituents is 1. The number of nitrogens with one attached hydrogen (secondary N) is 1. The highest BCUT2D eigenvalue weighted by molar-refractivity contribution is 5.67. The van der Waals surface area contributed by atoms with Crippen molar-refractivity contribution in [1.82, 2.24) is 5.32 Å². The first-order valence-corrected chi connectivity index (χ1v) is 9.76. The highest BCUT2D eigenvalue weighted by Crippen LogP contribution is 2.62. The van der Waals surface area contributed by atoms with Crippen molar-refractivity contribution in [1.29, 1.82) is 0 Å². The summed E-state index contributed by atoms with van der Waals surface area (Å²) < 4.78 is 4.73. The van der Waals surface area contributed by atoms with Crippen LogP contribution in [0.5, 0.6) is 5.75 Å². The largest absolute Gasteiger partial charge is 0.508 e. The Labute approximate surface area is 154 Å². The molecular weight excluding hydrogens is 330 g/mol. The first-order valence-electron chi connectivity index (χ1n) is 9.76. The van der Waals surface area contributed by atoms with Crippen molar-refractivity contribution in [2.45, 2.75) is 57.0 Å². The molecule has 3 aliphatic carbocycles. The molecule has 2 saturated carbocycles. The summed E-state index contributed by atoms with van der Waals surface area (Å²) in [5.74, 6) is 1.98. The summed E-state index contributed by atoms with van der Waals surface area (Å²) in [4.78, 5) is 11.6. The number of fused-ring (bicyclic) bond motifs is 5. The second-order valence-electron chi connectivity index (χ2n) is 8.63. The van der Waals surface area contributed by atoms with Crippen molar-refractivity contribution < 1.29 is 19.7 Å². The SMILES string of the molecule is COC(=O)NC[C@@H]1C[C@H]2C3CC[C@H](O)[C@@]3(C)CC[C@@H]2c2ccc(O)cc21. The van der Waals surface area contributed by atoms with E-state index in [0.29, 0.717) is 24.3 Å². The standard InChI is InChI=1S/C21H29NO4/c1-21-8-7-15-14-4-3-13(23)10-16(14)12(11-22-20(25)26-2)9-17(15)18(21)5-6-19(21)24/h3-4,10,12,15,17-19,23-24H,5-9,11H2,1-2H3,(H,22,25)/t12-,15+,17+,18?,19-,21-/m0/s1. The minimum Gasteiger partial charge on any atom is -0.508 e. The number of benzene rings is 1. The molecule has 0 aromatic heterocycles. The number of hydrogen-bond acceptors (Lipinski definition) is 4. The van der Waals surface area contributed by atoms with E-state index in [1.54, 1.807) is 6.07 Å². The maximum absolute atomic E-state index is 11.6. The number of rotatable bonds is 2. The van der Waals surface area contributed by atoms with Crippen molar-refractivity contribution in [2.75, 3.05) is 13.7 Å². The van der Waals surface area contributed by atoms with Gasteiger partial charge in [0.05, 0.1) is 13.2 Å². The lowest BCUT2D eigenvalue weighted by molar-refractivity contribution is -0.0249. The van der Waals surface area contributed by atoms with Crippen LogP contribution in [0.25, 0.3) is 0 Å². The van der Waals surface area contributed by atoms with Crippen LogP contribution in [-0.2, 0) is 4.74 Å². The van der Waals surface area contributed by atoms with E-state index in [9.17, 15) is 15.0 Å². The van der Waals surface area contributed by atoms with Crippen LogP contribution in [-0.4, -0.2) is 36.1 Å². The summed E-state index contributed by atoms with van der Waals surface area (Å²) >= 11 is 0. The lowest BCUT2D eigenvalue weighted by Gasteiger charge is -2.51. The first kappa shape index (κ1) is 17.7. The summed E-state index contributed by atoms with van der Waals surface area (Å²) in [6, 6.07) is 5.72. The van der Waals surface area contributed by atoms with Gasteiger partial charge in [0.1, 0.15) is 5.75 Å². The van der Waals surface area contributed by atoms with Gasteiger partial charge in [-0.15, -0.1) is 0 Å². The van der Waals surface area contributed by atoms with E-state index in [1.807, 2.05) is 6.07 Å². The fourth-order valence-corrected chi connectivity index (χ4v) is 6.16. The molecule has 26 heavy (non-hydrogen) atoms. The van der Waals surface area contributed by atoms with Gasteiger partial charge in [-0.25, -0.2) is 4.79 Å². The molecule has 1 amide bonds. The number of amides is 1. The van der Waals surface area contributed by atoms with Gasteiger partial charge in [0.25, 0.3) is 0 Å². The lowest BCUT2D eigenvalue weighted by Crippen LogP contribution is -2.45. The van der Waals surface area contributed by atoms with Gasteiger partial charge in [-0.05, 0) is 78.5 Å². The van der Waals surface area contributed by atoms with Gasteiger partial charge in [-0.1, -0.05) is 13.0 Å². The second-order valence-corrected chi connectivity index (χ2v) is 8.63. The molecule has 0 spiro atoms. The topological polar surface area (TPSA) is 78.8 Å². The molecule has 2 fully saturated rings.